The quantitative estimate of drug-likeness (QED) is 0.299. The molecule has 8 nitrogen and oxygen atoms in total. The highest BCUT2D eigenvalue weighted by Gasteiger charge is 2.19. The number of benzene rings is 2. The highest BCUT2D eigenvalue weighted by Crippen LogP contribution is 2.39. The van der Waals surface area contributed by atoms with Gasteiger partial charge in [-0.1, -0.05) is 0 Å². The largest absolute Gasteiger partial charge is 0.493 e. The number of aryl methyl sites for hydroxylation is 2. The molecule has 0 atom stereocenters. The summed E-state index contributed by atoms with van der Waals surface area (Å²) in [5.41, 5.74) is 2.43. The summed E-state index contributed by atoms with van der Waals surface area (Å²) in [5.74, 6) is 4.17. The van der Waals surface area contributed by atoms with Crippen LogP contribution in [-0.2, 0) is 12.8 Å². The Bertz CT molecular complexity index is 855. The van der Waals surface area contributed by atoms with Crippen LogP contribution in [0.15, 0.2) is 24.3 Å². The molecule has 2 aromatic rings. The maximum absolute atomic E-state index is 5.48. The smallest absolute Gasteiger partial charge is 0.203 e. The Morgan fingerprint density at radius 3 is 1.16 bits per heavy atom. The van der Waals surface area contributed by atoms with Crippen LogP contribution in [0.4, 0.5) is 0 Å². The first kappa shape index (κ1) is 28.7. The van der Waals surface area contributed by atoms with Crippen LogP contribution in [0.3, 0.4) is 0 Å². The van der Waals surface area contributed by atoms with Crippen LogP contribution >= 0.6 is 0 Å². The van der Waals surface area contributed by atoms with Gasteiger partial charge >= 0.3 is 0 Å². The van der Waals surface area contributed by atoms with Gasteiger partial charge in [0.05, 0.1) is 49.3 Å². The number of ether oxygens (including phenoxy) is 6. The van der Waals surface area contributed by atoms with E-state index in [0.717, 1.165) is 81.5 Å². The van der Waals surface area contributed by atoms with E-state index >= 15 is 0 Å². The van der Waals surface area contributed by atoms with Crippen molar-refractivity contribution < 1.29 is 28.4 Å². The zero-order valence-electron chi connectivity index (χ0n) is 23.4. The summed E-state index contributed by atoms with van der Waals surface area (Å²) < 4.78 is 32.8. The Labute approximate surface area is 222 Å². The molecule has 0 N–H and O–H groups in total. The second kappa shape index (κ2) is 14.8. The molecule has 0 aromatic heterocycles. The van der Waals surface area contributed by atoms with Crippen molar-refractivity contribution in [1.82, 2.24) is 9.80 Å². The minimum Gasteiger partial charge on any atom is -0.493 e. The Morgan fingerprint density at radius 2 is 0.865 bits per heavy atom. The van der Waals surface area contributed by atoms with Crippen molar-refractivity contribution in [3.05, 3.63) is 35.4 Å². The maximum atomic E-state index is 5.48. The molecule has 8 heteroatoms. The number of hydrogen-bond donors (Lipinski definition) is 0. The van der Waals surface area contributed by atoms with Gasteiger partial charge in [0.2, 0.25) is 11.5 Å². The Hall–Kier alpha value is -2.84. The summed E-state index contributed by atoms with van der Waals surface area (Å²) in [6, 6.07) is 8.21. The molecule has 0 unspecified atom stereocenters. The molecule has 2 aromatic carbocycles. The van der Waals surface area contributed by atoms with Gasteiger partial charge in [0.25, 0.3) is 0 Å². The average Bonchev–Trinajstić information content (AvgIpc) is 3.39. The molecule has 0 aliphatic carbocycles. The molecule has 1 fully saturated rings. The van der Waals surface area contributed by atoms with Crippen molar-refractivity contribution >= 4 is 0 Å². The first-order valence-corrected chi connectivity index (χ1v) is 13.1. The molecule has 1 saturated heterocycles. The van der Waals surface area contributed by atoms with Crippen LogP contribution in [-0.4, -0.2) is 85.3 Å². The van der Waals surface area contributed by atoms with Crippen molar-refractivity contribution in [3.63, 3.8) is 0 Å². The predicted molar refractivity (Wildman–Crippen MR) is 146 cm³/mol. The van der Waals surface area contributed by atoms with Crippen molar-refractivity contribution in [1.29, 1.82) is 0 Å². The Morgan fingerprint density at radius 1 is 0.514 bits per heavy atom. The van der Waals surface area contributed by atoms with Gasteiger partial charge in [0.15, 0.2) is 23.0 Å². The van der Waals surface area contributed by atoms with Gasteiger partial charge in [-0.3, -0.25) is 9.80 Å². The first-order valence-electron chi connectivity index (χ1n) is 13.1. The second-order valence-electron chi connectivity index (χ2n) is 9.36. The fourth-order valence-electron chi connectivity index (χ4n) is 4.96. The third-order valence-electron chi connectivity index (χ3n) is 6.96. The highest BCUT2D eigenvalue weighted by atomic mass is 16.5. The van der Waals surface area contributed by atoms with E-state index in [0.29, 0.717) is 11.5 Å². The van der Waals surface area contributed by atoms with Gasteiger partial charge in [-0.25, -0.2) is 0 Å². The number of rotatable bonds is 16. The minimum absolute atomic E-state index is 0.648. The second-order valence-corrected chi connectivity index (χ2v) is 9.36. The molecule has 0 radical (unpaired) electrons. The molecule has 37 heavy (non-hydrogen) atoms. The zero-order valence-corrected chi connectivity index (χ0v) is 23.4. The van der Waals surface area contributed by atoms with E-state index in [4.69, 9.17) is 28.4 Å². The van der Waals surface area contributed by atoms with E-state index in [9.17, 15) is 0 Å². The summed E-state index contributed by atoms with van der Waals surface area (Å²) in [4.78, 5) is 5.13. The van der Waals surface area contributed by atoms with E-state index in [1.165, 1.54) is 24.0 Å². The summed E-state index contributed by atoms with van der Waals surface area (Å²) in [6.45, 7) is 5.63. The fraction of sp³-hybridized carbons (Fsp3) is 0.586. The van der Waals surface area contributed by atoms with Gasteiger partial charge in [0.1, 0.15) is 0 Å². The molecule has 1 aliphatic rings. The number of hydrogen-bond acceptors (Lipinski definition) is 8. The average molecular weight is 517 g/mol. The van der Waals surface area contributed by atoms with E-state index in [1.807, 2.05) is 0 Å². The summed E-state index contributed by atoms with van der Waals surface area (Å²) >= 11 is 0. The topological polar surface area (TPSA) is 61.9 Å². The van der Waals surface area contributed by atoms with Crippen molar-refractivity contribution in [2.45, 2.75) is 38.5 Å². The van der Waals surface area contributed by atoms with Crippen LogP contribution in [0.5, 0.6) is 34.5 Å². The third-order valence-corrected chi connectivity index (χ3v) is 6.96. The molecule has 1 heterocycles. The van der Waals surface area contributed by atoms with E-state index in [2.05, 4.69) is 34.1 Å². The van der Waals surface area contributed by atoms with Gasteiger partial charge in [0, 0.05) is 13.1 Å². The normalized spacial score (nSPS) is 14.0. The monoisotopic (exact) mass is 516 g/mol. The van der Waals surface area contributed by atoms with Crippen molar-refractivity contribution in [3.8, 4) is 34.5 Å². The highest BCUT2D eigenvalue weighted by molar-refractivity contribution is 5.54. The van der Waals surface area contributed by atoms with Gasteiger partial charge in [-0.15, -0.1) is 0 Å². The lowest BCUT2D eigenvalue weighted by molar-refractivity contribution is 0.240. The lowest BCUT2D eigenvalue weighted by atomic mass is 10.1. The molecule has 0 amide bonds. The molecule has 0 bridgehead atoms. The van der Waals surface area contributed by atoms with E-state index in [-0.39, 0.29) is 0 Å². The molecule has 3 rings (SSSR count). The van der Waals surface area contributed by atoms with Gasteiger partial charge < -0.3 is 28.4 Å². The molecule has 0 saturated carbocycles. The Balaban J connectivity index is 1.36. The van der Waals surface area contributed by atoms with E-state index < -0.39 is 0 Å². The molecular formula is C29H44N2O6. The van der Waals surface area contributed by atoms with Gasteiger partial charge in [-0.05, 0) is 87.0 Å². The van der Waals surface area contributed by atoms with Crippen LogP contribution in [0.25, 0.3) is 0 Å². The lowest BCUT2D eigenvalue weighted by Crippen LogP contribution is -2.27. The third kappa shape index (κ3) is 7.82. The Kier molecular flexibility index (Phi) is 11.5. The van der Waals surface area contributed by atoms with Crippen molar-refractivity contribution in [2.75, 3.05) is 75.5 Å². The SMILES string of the molecule is COc1cc(CCCCN2CCN(CCCCc3cc(OC)c(OC)c(OC)c3)C2)cc(OC)c1OC. The summed E-state index contributed by atoms with van der Waals surface area (Å²) in [5, 5.41) is 0. The van der Waals surface area contributed by atoms with E-state index in [1.54, 1.807) is 42.7 Å². The van der Waals surface area contributed by atoms with Crippen LogP contribution in [0.1, 0.15) is 36.8 Å². The van der Waals surface area contributed by atoms with Crippen LogP contribution in [0.2, 0.25) is 0 Å². The molecule has 0 spiro atoms. The number of methoxy groups -OCH3 is 6. The number of nitrogens with zero attached hydrogens (tertiary/aromatic N) is 2. The standard InChI is InChI=1S/C29H44N2O6/c1-32-24-17-22(18-25(33-2)28(24)36-5)11-7-9-13-30-15-16-31(21-30)14-10-8-12-23-19-26(34-3)29(37-6)27(20-23)35-4/h17-20H,7-16,21H2,1-6H3. The van der Waals surface area contributed by atoms with Crippen LogP contribution < -0.4 is 28.4 Å². The fourth-order valence-corrected chi connectivity index (χ4v) is 4.96. The zero-order chi connectivity index (χ0) is 26.6. The summed E-state index contributed by atoms with van der Waals surface area (Å²) in [6.07, 6.45) is 6.59. The molecule has 1 aliphatic heterocycles. The molecule has 206 valence electrons. The first-order chi connectivity index (χ1) is 18.1. The van der Waals surface area contributed by atoms with Crippen LogP contribution in [0, 0.1) is 0 Å². The van der Waals surface area contributed by atoms with Crippen molar-refractivity contribution in [2.24, 2.45) is 0 Å². The number of unbranched alkanes of at least 4 members (excludes halogenated alkanes) is 2. The summed E-state index contributed by atoms with van der Waals surface area (Å²) in [7, 11) is 9.91. The lowest BCUT2D eigenvalue weighted by Gasteiger charge is -2.18. The predicted octanol–water partition coefficient (Wildman–Crippen LogP) is 4.66. The maximum Gasteiger partial charge on any atom is 0.203 e. The van der Waals surface area contributed by atoms with Gasteiger partial charge in [-0.2, -0.15) is 0 Å². The molecular weight excluding hydrogens is 472 g/mol. The minimum atomic E-state index is 0.648.